The van der Waals surface area contributed by atoms with E-state index >= 15 is 0 Å². The Kier molecular flexibility index (Phi) is 5.51. The molecule has 0 radical (unpaired) electrons. The lowest BCUT2D eigenvalue weighted by atomic mass is 9.95. The van der Waals surface area contributed by atoms with Gasteiger partial charge in [-0.25, -0.2) is 0 Å². The van der Waals surface area contributed by atoms with E-state index in [1.54, 1.807) is 11.8 Å². The molecule has 118 valence electrons. The molecule has 5 heteroatoms. The number of nitrogens with one attached hydrogen (secondary N) is 1. The van der Waals surface area contributed by atoms with Gasteiger partial charge in [-0.1, -0.05) is 61.4 Å². The molecule has 1 fully saturated rings. The molecule has 1 N–H and O–H groups in total. The molecule has 0 unspecified atom stereocenters. The van der Waals surface area contributed by atoms with Crippen molar-refractivity contribution in [3.63, 3.8) is 0 Å². The number of thioether (sulfide) groups is 1. The molecule has 1 aliphatic carbocycles. The van der Waals surface area contributed by atoms with E-state index in [0.717, 1.165) is 23.3 Å². The molecule has 0 atom stereocenters. The normalized spacial score (nSPS) is 16.0. The van der Waals surface area contributed by atoms with Crippen LogP contribution in [0.1, 0.15) is 43.5 Å². The Morgan fingerprint density at radius 3 is 2.68 bits per heavy atom. The monoisotopic (exact) mass is 316 g/mol. The summed E-state index contributed by atoms with van der Waals surface area (Å²) < 4.78 is 2.11. The summed E-state index contributed by atoms with van der Waals surface area (Å²) in [4.78, 5) is 0. The first-order valence-electron chi connectivity index (χ1n) is 8.11. The summed E-state index contributed by atoms with van der Waals surface area (Å²) in [7, 11) is 2.06. The van der Waals surface area contributed by atoms with E-state index in [-0.39, 0.29) is 0 Å². The minimum absolute atomic E-state index is 0.658. The first kappa shape index (κ1) is 15.6. The van der Waals surface area contributed by atoms with Gasteiger partial charge in [-0.05, 0) is 18.4 Å². The molecule has 1 aliphatic rings. The molecule has 22 heavy (non-hydrogen) atoms. The lowest BCUT2D eigenvalue weighted by Crippen LogP contribution is -2.31. The Balaban J connectivity index is 1.52. The number of benzene rings is 1. The topological polar surface area (TPSA) is 42.7 Å². The Labute approximate surface area is 136 Å². The van der Waals surface area contributed by atoms with Gasteiger partial charge in [-0.2, -0.15) is 0 Å². The fourth-order valence-electron chi connectivity index (χ4n) is 2.89. The number of hydrogen-bond acceptors (Lipinski definition) is 4. The van der Waals surface area contributed by atoms with Crippen LogP contribution >= 0.6 is 11.8 Å². The van der Waals surface area contributed by atoms with Crippen LogP contribution in [-0.4, -0.2) is 20.8 Å². The molecule has 1 aromatic carbocycles. The second-order valence-electron chi connectivity index (χ2n) is 5.95. The Morgan fingerprint density at radius 2 is 1.91 bits per heavy atom. The zero-order valence-electron chi connectivity index (χ0n) is 13.2. The van der Waals surface area contributed by atoms with Crippen LogP contribution in [0, 0.1) is 0 Å². The molecular weight excluding hydrogens is 292 g/mol. The van der Waals surface area contributed by atoms with Gasteiger partial charge < -0.3 is 9.88 Å². The molecule has 3 rings (SSSR count). The van der Waals surface area contributed by atoms with Crippen molar-refractivity contribution in [2.75, 3.05) is 0 Å². The van der Waals surface area contributed by atoms with Crippen LogP contribution < -0.4 is 5.32 Å². The van der Waals surface area contributed by atoms with Gasteiger partial charge in [0.1, 0.15) is 5.82 Å². The third kappa shape index (κ3) is 4.11. The lowest BCUT2D eigenvalue weighted by molar-refractivity contribution is 0.367. The highest BCUT2D eigenvalue weighted by Gasteiger charge is 2.15. The average Bonchev–Trinajstić information content (AvgIpc) is 2.93. The lowest BCUT2D eigenvalue weighted by Gasteiger charge is -2.22. The van der Waals surface area contributed by atoms with Gasteiger partial charge >= 0.3 is 0 Å². The minimum atomic E-state index is 0.658. The molecule has 0 spiro atoms. The van der Waals surface area contributed by atoms with Gasteiger partial charge in [0.15, 0.2) is 5.16 Å². The van der Waals surface area contributed by atoms with Crippen molar-refractivity contribution in [1.82, 2.24) is 20.1 Å². The molecule has 0 aliphatic heterocycles. The first-order valence-corrected chi connectivity index (χ1v) is 9.10. The largest absolute Gasteiger partial charge is 0.308 e. The van der Waals surface area contributed by atoms with Crippen LogP contribution in [0.5, 0.6) is 0 Å². The van der Waals surface area contributed by atoms with Crippen LogP contribution in [0.15, 0.2) is 35.5 Å². The van der Waals surface area contributed by atoms with Crippen molar-refractivity contribution in [2.24, 2.45) is 7.05 Å². The quantitative estimate of drug-likeness (QED) is 0.828. The van der Waals surface area contributed by atoms with Crippen molar-refractivity contribution >= 4 is 11.8 Å². The van der Waals surface area contributed by atoms with Gasteiger partial charge in [-0.3, -0.25) is 0 Å². The zero-order valence-corrected chi connectivity index (χ0v) is 14.0. The summed E-state index contributed by atoms with van der Waals surface area (Å²) in [6.07, 6.45) is 6.70. The van der Waals surface area contributed by atoms with Crippen molar-refractivity contribution < 1.29 is 0 Å². The fourth-order valence-corrected chi connectivity index (χ4v) is 3.77. The van der Waals surface area contributed by atoms with E-state index in [0.29, 0.717) is 6.04 Å². The maximum atomic E-state index is 4.34. The van der Waals surface area contributed by atoms with Crippen LogP contribution in [0.4, 0.5) is 0 Å². The van der Waals surface area contributed by atoms with Crippen LogP contribution in [0.25, 0.3) is 0 Å². The van der Waals surface area contributed by atoms with E-state index in [2.05, 4.69) is 51.4 Å². The summed E-state index contributed by atoms with van der Waals surface area (Å²) in [6, 6.07) is 11.2. The average molecular weight is 316 g/mol. The van der Waals surface area contributed by atoms with Crippen LogP contribution in [0.2, 0.25) is 0 Å². The highest BCUT2D eigenvalue weighted by molar-refractivity contribution is 7.98. The van der Waals surface area contributed by atoms with Crippen molar-refractivity contribution in [3.8, 4) is 0 Å². The summed E-state index contributed by atoms with van der Waals surface area (Å²) in [5.74, 6) is 1.96. The van der Waals surface area contributed by atoms with E-state index in [1.807, 2.05) is 6.07 Å². The number of rotatable bonds is 6. The first-order chi connectivity index (χ1) is 10.8. The van der Waals surface area contributed by atoms with Gasteiger partial charge in [0.05, 0.1) is 6.54 Å². The smallest absolute Gasteiger partial charge is 0.191 e. The molecule has 1 heterocycles. The Morgan fingerprint density at radius 1 is 1.14 bits per heavy atom. The SMILES string of the molecule is Cn1c(CNC2CCCCC2)nnc1SCc1ccccc1. The molecule has 2 aromatic rings. The summed E-state index contributed by atoms with van der Waals surface area (Å²) in [6.45, 7) is 0.820. The fraction of sp³-hybridized carbons (Fsp3) is 0.529. The summed E-state index contributed by atoms with van der Waals surface area (Å²) >= 11 is 1.74. The molecule has 0 saturated heterocycles. The van der Waals surface area contributed by atoms with E-state index in [1.165, 1.54) is 37.7 Å². The van der Waals surface area contributed by atoms with E-state index < -0.39 is 0 Å². The maximum absolute atomic E-state index is 4.34. The second kappa shape index (κ2) is 7.79. The van der Waals surface area contributed by atoms with Gasteiger partial charge in [0, 0.05) is 18.8 Å². The Bertz CT molecular complexity index is 576. The molecule has 1 saturated carbocycles. The predicted molar refractivity (Wildman–Crippen MR) is 90.7 cm³/mol. The highest BCUT2D eigenvalue weighted by atomic mass is 32.2. The number of nitrogens with zero attached hydrogens (tertiary/aromatic N) is 3. The molecule has 4 nitrogen and oxygen atoms in total. The van der Waals surface area contributed by atoms with E-state index in [4.69, 9.17) is 0 Å². The van der Waals surface area contributed by atoms with E-state index in [9.17, 15) is 0 Å². The third-order valence-electron chi connectivity index (χ3n) is 4.29. The van der Waals surface area contributed by atoms with Crippen molar-refractivity contribution in [3.05, 3.63) is 41.7 Å². The second-order valence-corrected chi connectivity index (χ2v) is 6.89. The molecular formula is C17H24N4S. The van der Waals surface area contributed by atoms with Gasteiger partial charge in [-0.15, -0.1) is 10.2 Å². The highest BCUT2D eigenvalue weighted by Crippen LogP contribution is 2.21. The summed E-state index contributed by atoms with van der Waals surface area (Å²) in [5.41, 5.74) is 1.32. The molecule has 0 amide bonds. The molecule has 0 bridgehead atoms. The maximum Gasteiger partial charge on any atom is 0.191 e. The van der Waals surface area contributed by atoms with Gasteiger partial charge in [0.25, 0.3) is 0 Å². The number of aromatic nitrogens is 3. The number of hydrogen-bond donors (Lipinski definition) is 1. The Hall–Kier alpha value is -1.33. The third-order valence-corrected chi connectivity index (χ3v) is 5.38. The van der Waals surface area contributed by atoms with Crippen LogP contribution in [-0.2, 0) is 19.3 Å². The van der Waals surface area contributed by atoms with Crippen LogP contribution in [0.3, 0.4) is 0 Å². The predicted octanol–water partition coefficient (Wildman–Crippen LogP) is 3.53. The standard InChI is InChI=1S/C17H24N4S/c1-21-16(12-18-15-10-6-3-7-11-15)19-20-17(21)22-13-14-8-4-2-5-9-14/h2,4-5,8-9,15,18H,3,6-7,10-13H2,1H3. The van der Waals surface area contributed by atoms with Crippen molar-refractivity contribution in [1.29, 1.82) is 0 Å². The molecule has 1 aromatic heterocycles. The minimum Gasteiger partial charge on any atom is -0.308 e. The summed E-state index contributed by atoms with van der Waals surface area (Å²) in [5, 5.41) is 13.3. The zero-order chi connectivity index (χ0) is 15.2. The van der Waals surface area contributed by atoms with Crippen molar-refractivity contribution in [2.45, 2.75) is 55.6 Å². The van der Waals surface area contributed by atoms with Gasteiger partial charge in [0.2, 0.25) is 0 Å².